The second kappa shape index (κ2) is 14.6. The first-order valence-electron chi connectivity index (χ1n) is 17.4. The fourth-order valence-corrected chi connectivity index (χ4v) is 7.74. The average molecular weight is 759 g/mol. The molecule has 0 spiro atoms. The topological polar surface area (TPSA) is 145 Å². The number of esters is 2. The van der Waals surface area contributed by atoms with E-state index in [2.05, 4.69) is 0 Å². The predicted molar refractivity (Wildman–Crippen MR) is 195 cm³/mol. The molecule has 0 saturated carbocycles. The van der Waals surface area contributed by atoms with E-state index in [-0.39, 0.29) is 6.42 Å². The first-order valence-corrected chi connectivity index (χ1v) is 17.4. The molecule has 55 heavy (non-hydrogen) atoms. The van der Waals surface area contributed by atoms with Gasteiger partial charge in [-0.1, -0.05) is 6.07 Å². The predicted octanol–water partition coefficient (Wildman–Crippen LogP) is 6.06. The first kappa shape index (κ1) is 37.1. The van der Waals surface area contributed by atoms with Crippen LogP contribution < -0.4 is 47.4 Å². The largest absolute Gasteiger partial charge is 0.496 e. The number of fused-ring (bicyclic) bond motifs is 8. The number of carbonyl (C=O) groups is 2. The maximum absolute atomic E-state index is 13.2. The highest BCUT2D eigenvalue weighted by atomic mass is 16.7. The normalized spacial score (nSPS) is 21.4. The van der Waals surface area contributed by atoms with E-state index in [1.165, 1.54) is 56.5 Å². The molecule has 4 aromatic rings. The summed E-state index contributed by atoms with van der Waals surface area (Å²) in [5.74, 6) is 0.415. The van der Waals surface area contributed by atoms with E-state index in [1.54, 1.807) is 55.6 Å². The Morgan fingerprint density at radius 1 is 0.618 bits per heavy atom. The van der Waals surface area contributed by atoms with Crippen LogP contribution in [0.5, 0.6) is 57.5 Å². The molecule has 0 N–H and O–H groups in total. The van der Waals surface area contributed by atoms with Crippen LogP contribution in [0.2, 0.25) is 0 Å². The van der Waals surface area contributed by atoms with E-state index in [0.717, 1.165) is 0 Å². The number of ether oxygens (including phenoxy) is 12. The smallest absolute Gasteiger partial charge is 0.316 e. The highest BCUT2D eigenvalue weighted by Crippen LogP contribution is 2.63. The van der Waals surface area contributed by atoms with Crippen molar-refractivity contribution in [1.29, 1.82) is 0 Å². The molecule has 3 aliphatic heterocycles. The van der Waals surface area contributed by atoms with E-state index in [9.17, 15) is 9.59 Å². The van der Waals surface area contributed by atoms with Crippen LogP contribution in [0.3, 0.4) is 0 Å². The summed E-state index contributed by atoms with van der Waals surface area (Å²) in [4.78, 5) is 25.7. The summed E-state index contributed by atoms with van der Waals surface area (Å²) in [6.07, 6.45) is -2.60. The molecule has 3 aliphatic rings. The van der Waals surface area contributed by atoms with E-state index < -0.39 is 42.0 Å². The van der Waals surface area contributed by atoms with Crippen molar-refractivity contribution in [1.82, 2.24) is 0 Å². The molecule has 0 fully saturated rings. The standard InChI is InChI=1S/C41H42O14/c1-20(42)51-34-18-25-28(47-6)19-33-36(39(25)53-38(34)22-10-12-26(45-4)29(14-22)48-7)37-35-31(50-9)16-24(44-3)17-32(35)54-41(55-33,40(37)52-21(2)43)23-11-13-27(46-5)30(15-23)49-8/h10-17,19,34,37-38,40H,18H2,1-9H3/t34-,37-,38-,40-,41+/m1/s1. The van der Waals surface area contributed by atoms with Crippen molar-refractivity contribution in [2.75, 3.05) is 49.8 Å². The molecule has 0 aliphatic carbocycles. The molecule has 4 aromatic carbocycles. The number of hydrogen-bond donors (Lipinski definition) is 0. The quantitative estimate of drug-likeness (QED) is 0.164. The van der Waals surface area contributed by atoms with Crippen LogP contribution >= 0.6 is 0 Å². The van der Waals surface area contributed by atoms with Gasteiger partial charge in [0.1, 0.15) is 40.6 Å². The van der Waals surface area contributed by atoms with Gasteiger partial charge in [-0.3, -0.25) is 9.59 Å². The Labute approximate surface area is 317 Å². The van der Waals surface area contributed by atoms with Gasteiger partial charge < -0.3 is 56.8 Å². The lowest BCUT2D eigenvalue weighted by atomic mass is 9.74. The fraction of sp³-hybridized carbons (Fsp3) is 0.366. The lowest BCUT2D eigenvalue weighted by Gasteiger charge is -2.51. The number of hydrogen-bond acceptors (Lipinski definition) is 14. The van der Waals surface area contributed by atoms with E-state index in [1.807, 2.05) is 6.07 Å². The number of carbonyl (C=O) groups excluding carboxylic acids is 2. The molecule has 5 atom stereocenters. The minimum Gasteiger partial charge on any atom is -0.496 e. The van der Waals surface area contributed by atoms with Crippen LogP contribution in [0.25, 0.3) is 0 Å². The summed E-state index contributed by atoms with van der Waals surface area (Å²) in [6, 6.07) is 15.7. The Morgan fingerprint density at radius 2 is 1.22 bits per heavy atom. The number of benzene rings is 4. The van der Waals surface area contributed by atoms with E-state index >= 15 is 0 Å². The molecule has 0 saturated heterocycles. The molecule has 0 unspecified atom stereocenters. The van der Waals surface area contributed by atoms with Gasteiger partial charge >= 0.3 is 17.7 Å². The van der Waals surface area contributed by atoms with Crippen LogP contribution in [0.1, 0.15) is 53.7 Å². The zero-order valence-corrected chi connectivity index (χ0v) is 31.9. The molecule has 7 rings (SSSR count). The van der Waals surface area contributed by atoms with Crippen molar-refractivity contribution >= 4 is 11.9 Å². The Balaban J connectivity index is 1.54. The highest BCUT2D eigenvalue weighted by Gasteiger charge is 2.62. The minimum atomic E-state index is -1.80. The third kappa shape index (κ3) is 6.15. The lowest BCUT2D eigenvalue weighted by molar-refractivity contribution is -0.232. The van der Waals surface area contributed by atoms with Crippen LogP contribution in [0.15, 0.2) is 54.6 Å². The van der Waals surface area contributed by atoms with E-state index in [0.29, 0.717) is 85.3 Å². The molecule has 0 aromatic heterocycles. The van der Waals surface area contributed by atoms with Crippen LogP contribution in [0, 0.1) is 0 Å². The van der Waals surface area contributed by atoms with Gasteiger partial charge in [-0.2, -0.15) is 0 Å². The molecule has 14 heteroatoms. The second-order valence-electron chi connectivity index (χ2n) is 13.0. The van der Waals surface area contributed by atoms with Gasteiger partial charge in [-0.05, 0) is 30.3 Å². The summed E-state index contributed by atoms with van der Waals surface area (Å²) in [5, 5.41) is 0. The first-order chi connectivity index (χ1) is 26.5. The minimum absolute atomic E-state index is 0.194. The second-order valence-corrected chi connectivity index (χ2v) is 13.0. The van der Waals surface area contributed by atoms with Crippen molar-refractivity contribution < 1.29 is 66.4 Å². The summed E-state index contributed by atoms with van der Waals surface area (Å²) >= 11 is 0. The van der Waals surface area contributed by atoms with Crippen molar-refractivity contribution in [3.8, 4) is 57.5 Å². The zero-order valence-electron chi connectivity index (χ0n) is 31.9. The summed E-state index contributed by atoms with van der Waals surface area (Å²) in [7, 11) is 10.7. The third-order valence-corrected chi connectivity index (χ3v) is 10.0. The molecule has 0 radical (unpaired) electrons. The summed E-state index contributed by atoms with van der Waals surface area (Å²) in [5.41, 5.74) is 2.78. The molecular weight excluding hydrogens is 716 g/mol. The average Bonchev–Trinajstić information content (AvgIpc) is 3.18. The van der Waals surface area contributed by atoms with Crippen LogP contribution in [-0.4, -0.2) is 73.9 Å². The van der Waals surface area contributed by atoms with Crippen LogP contribution in [-0.2, 0) is 31.3 Å². The Kier molecular flexibility index (Phi) is 9.84. The van der Waals surface area contributed by atoms with Gasteiger partial charge in [0, 0.05) is 66.3 Å². The molecule has 3 heterocycles. The van der Waals surface area contributed by atoms with Crippen molar-refractivity contribution in [2.24, 2.45) is 0 Å². The van der Waals surface area contributed by atoms with Gasteiger partial charge in [0.05, 0.1) is 55.7 Å². The van der Waals surface area contributed by atoms with Crippen LogP contribution in [0.4, 0.5) is 0 Å². The van der Waals surface area contributed by atoms with Gasteiger partial charge in [0.15, 0.2) is 35.2 Å². The molecular formula is C41H42O14. The SMILES string of the molecule is COc1cc(OC)c2c(c1)O[C@@]1(c3ccc(OC)c(OC)c3)Oc3cc(OC)c4c(c3[C@@H]2[C@H]1OC(C)=O)O[C@H](c1ccc(OC)c(OC)c1)[C@H](OC(C)=O)C4. The van der Waals surface area contributed by atoms with Gasteiger partial charge in [-0.25, -0.2) is 0 Å². The Hall–Kier alpha value is -6.18. The molecule has 2 bridgehead atoms. The van der Waals surface area contributed by atoms with Gasteiger partial charge in [-0.15, -0.1) is 0 Å². The highest BCUT2D eigenvalue weighted by molar-refractivity contribution is 5.72. The molecule has 0 amide bonds. The molecule has 14 nitrogen and oxygen atoms in total. The zero-order chi connectivity index (χ0) is 39.2. The van der Waals surface area contributed by atoms with Crippen molar-refractivity contribution in [3.05, 3.63) is 82.4 Å². The van der Waals surface area contributed by atoms with Gasteiger partial charge in [0.2, 0.25) is 0 Å². The monoisotopic (exact) mass is 758 g/mol. The number of rotatable bonds is 11. The number of methoxy groups -OCH3 is 7. The maximum Gasteiger partial charge on any atom is 0.316 e. The maximum atomic E-state index is 13.2. The third-order valence-electron chi connectivity index (χ3n) is 10.0. The van der Waals surface area contributed by atoms with Gasteiger partial charge in [0.25, 0.3) is 0 Å². The Morgan fingerprint density at radius 3 is 1.82 bits per heavy atom. The lowest BCUT2D eigenvalue weighted by Crippen LogP contribution is -2.59. The Bertz CT molecular complexity index is 2150. The fourth-order valence-electron chi connectivity index (χ4n) is 7.74. The summed E-state index contributed by atoms with van der Waals surface area (Å²) in [6.45, 7) is 2.66. The van der Waals surface area contributed by atoms with Crippen molar-refractivity contribution in [2.45, 2.75) is 50.3 Å². The summed E-state index contributed by atoms with van der Waals surface area (Å²) < 4.78 is 73.0. The molecule has 290 valence electrons. The van der Waals surface area contributed by atoms with Crippen molar-refractivity contribution in [3.63, 3.8) is 0 Å². The van der Waals surface area contributed by atoms with E-state index in [4.69, 9.17) is 56.8 Å².